The molecule has 14 heavy (non-hydrogen) atoms. The predicted octanol–water partition coefficient (Wildman–Crippen LogP) is 1.68. The van der Waals surface area contributed by atoms with E-state index >= 15 is 0 Å². The normalized spacial score (nSPS) is 13.8. The van der Waals surface area contributed by atoms with Gasteiger partial charge in [-0.3, -0.25) is 0 Å². The molecule has 1 aromatic carbocycles. The third-order valence-corrected chi connectivity index (χ3v) is 2.16. The van der Waals surface area contributed by atoms with Gasteiger partial charge < -0.3 is 9.53 Å². The van der Waals surface area contributed by atoms with E-state index in [1.807, 2.05) is 6.07 Å². The van der Waals surface area contributed by atoms with Crippen molar-refractivity contribution in [3.63, 3.8) is 0 Å². The van der Waals surface area contributed by atoms with Gasteiger partial charge in [-0.05, 0) is 24.6 Å². The number of aldehydes is 1. The second kappa shape index (κ2) is 3.93. The van der Waals surface area contributed by atoms with Gasteiger partial charge in [0.2, 0.25) is 0 Å². The first-order valence-corrected chi connectivity index (χ1v) is 4.18. The Morgan fingerprint density at radius 2 is 2.00 bits per heavy atom. The third-order valence-electron chi connectivity index (χ3n) is 2.16. The molecule has 0 radical (unpaired) electrons. The van der Waals surface area contributed by atoms with Gasteiger partial charge in [-0.1, -0.05) is 12.1 Å². The van der Waals surface area contributed by atoms with Crippen molar-refractivity contribution in [3.8, 4) is 11.8 Å². The first kappa shape index (κ1) is 10.3. The first-order valence-electron chi connectivity index (χ1n) is 4.18. The summed E-state index contributed by atoms with van der Waals surface area (Å²) in [6, 6.07) is 8.87. The van der Waals surface area contributed by atoms with E-state index in [1.165, 1.54) is 0 Å². The van der Waals surface area contributed by atoms with Crippen LogP contribution in [0.5, 0.6) is 5.75 Å². The number of nitrogens with zero attached hydrogens (tertiary/aromatic N) is 1. The van der Waals surface area contributed by atoms with Crippen LogP contribution in [-0.2, 0) is 10.2 Å². The number of hydrogen-bond acceptors (Lipinski definition) is 3. The number of carbonyl (C=O) groups is 1. The summed E-state index contributed by atoms with van der Waals surface area (Å²) in [5.74, 6) is 0.708. The monoisotopic (exact) mass is 189 g/mol. The van der Waals surface area contributed by atoms with Crippen LogP contribution < -0.4 is 4.74 Å². The van der Waals surface area contributed by atoms with E-state index in [0.29, 0.717) is 17.6 Å². The largest absolute Gasteiger partial charge is 0.497 e. The van der Waals surface area contributed by atoms with Gasteiger partial charge >= 0.3 is 0 Å². The van der Waals surface area contributed by atoms with E-state index in [9.17, 15) is 4.79 Å². The topological polar surface area (TPSA) is 50.1 Å². The van der Waals surface area contributed by atoms with Crippen molar-refractivity contribution in [2.45, 2.75) is 12.3 Å². The van der Waals surface area contributed by atoms with Gasteiger partial charge in [-0.15, -0.1) is 0 Å². The molecule has 0 aliphatic carbocycles. The Balaban J connectivity index is 3.09. The van der Waals surface area contributed by atoms with Crippen molar-refractivity contribution < 1.29 is 9.53 Å². The molecule has 0 heterocycles. The number of hydrogen-bond donors (Lipinski definition) is 0. The highest BCUT2D eigenvalue weighted by atomic mass is 16.5. The molecular formula is C11H11NO2. The number of nitriles is 1. The minimum absolute atomic E-state index is 0.648. The van der Waals surface area contributed by atoms with Gasteiger partial charge in [-0.25, -0.2) is 0 Å². The molecule has 0 fully saturated rings. The quantitative estimate of drug-likeness (QED) is 0.679. The molecule has 0 aromatic heterocycles. The van der Waals surface area contributed by atoms with E-state index < -0.39 is 5.41 Å². The Hall–Kier alpha value is -1.82. The predicted molar refractivity (Wildman–Crippen MR) is 52.0 cm³/mol. The summed E-state index contributed by atoms with van der Waals surface area (Å²) in [4.78, 5) is 10.8. The molecule has 3 heteroatoms. The zero-order valence-electron chi connectivity index (χ0n) is 8.15. The van der Waals surface area contributed by atoms with Gasteiger partial charge in [0.15, 0.2) is 0 Å². The molecule has 1 aromatic rings. The zero-order valence-corrected chi connectivity index (χ0v) is 8.15. The number of benzene rings is 1. The average molecular weight is 189 g/mol. The standard InChI is InChI=1S/C11H11NO2/c1-11(7-12,8-13)9-3-5-10(14-2)6-4-9/h3-6,8H,1-2H3. The second-order valence-electron chi connectivity index (χ2n) is 3.16. The van der Waals surface area contributed by atoms with Crippen LogP contribution in [0.3, 0.4) is 0 Å². The Bertz CT molecular complexity index is 364. The molecule has 1 unspecified atom stereocenters. The molecule has 72 valence electrons. The molecule has 0 saturated carbocycles. The van der Waals surface area contributed by atoms with E-state index in [4.69, 9.17) is 10.00 Å². The van der Waals surface area contributed by atoms with Crippen molar-refractivity contribution in [1.82, 2.24) is 0 Å². The summed E-state index contributed by atoms with van der Waals surface area (Å²) in [7, 11) is 1.57. The van der Waals surface area contributed by atoms with Gasteiger partial charge in [0.25, 0.3) is 0 Å². The summed E-state index contributed by atoms with van der Waals surface area (Å²) in [5, 5.41) is 8.85. The Kier molecular flexibility index (Phi) is 2.88. The molecule has 0 aliphatic heterocycles. The number of rotatable bonds is 3. The van der Waals surface area contributed by atoms with Gasteiger partial charge in [-0.2, -0.15) is 5.26 Å². The molecular weight excluding hydrogens is 178 g/mol. The maximum atomic E-state index is 10.8. The van der Waals surface area contributed by atoms with Crippen molar-refractivity contribution in [2.24, 2.45) is 0 Å². The molecule has 3 nitrogen and oxygen atoms in total. The van der Waals surface area contributed by atoms with Gasteiger partial charge in [0.1, 0.15) is 17.5 Å². The fourth-order valence-corrected chi connectivity index (χ4v) is 1.10. The van der Waals surface area contributed by atoms with Crippen molar-refractivity contribution in [1.29, 1.82) is 5.26 Å². The van der Waals surface area contributed by atoms with Crippen molar-refractivity contribution in [2.75, 3.05) is 7.11 Å². The summed E-state index contributed by atoms with van der Waals surface area (Å²) < 4.78 is 4.98. The fourth-order valence-electron chi connectivity index (χ4n) is 1.10. The van der Waals surface area contributed by atoms with Gasteiger partial charge in [0.05, 0.1) is 13.2 Å². The lowest BCUT2D eigenvalue weighted by molar-refractivity contribution is -0.110. The molecule has 0 saturated heterocycles. The summed E-state index contributed by atoms with van der Waals surface area (Å²) >= 11 is 0. The number of ether oxygens (including phenoxy) is 1. The maximum Gasteiger partial charge on any atom is 0.144 e. The van der Waals surface area contributed by atoms with Crippen LogP contribution >= 0.6 is 0 Å². The first-order chi connectivity index (χ1) is 6.66. The summed E-state index contributed by atoms with van der Waals surface area (Å²) in [6.07, 6.45) is 0.648. The Morgan fingerprint density at radius 3 is 2.36 bits per heavy atom. The number of carbonyl (C=O) groups excluding carboxylic acids is 1. The van der Waals surface area contributed by atoms with Crippen LogP contribution in [0.1, 0.15) is 12.5 Å². The van der Waals surface area contributed by atoms with E-state index in [2.05, 4.69) is 0 Å². The Labute approximate surface area is 82.9 Å². The molecule has 0 bridgehead atoms. The molecule has 0 N–H and O–H groups in total. The van der Waals surface area contributed by atoms with Crippen molar-refractivity contribution in [3.05, 3.63) is 29.8 Å². The van der Waals surface area contributed by atoms with Crippen LogP contribution in [-0.4, -0.2) is 13.4 Å². The van der Waals surface area contributed by atoms with Crippen LogP contribution in [0.15, 0.2) is 24.3 Å². The lowest BCUT2D eigenvalue weighted by Crippen LogP contribution is -2.20. The second-order valence-corrected chi connectivity index (χ2v) is 3.16. The van der Waals surface area contributed by atoms with Crippen LogP contribution in [0.4, 0.5) is 0 Å². The highest BCUT2D eigenvalue weighted by Crippen LogP contribution is 2.22. The van der Waals surface area contributed by atoms with Crippen LogP contribution in [0.2, 0.25) is 0 Å². The Morgan fingerprint density at radius 1 is 1.43 bits per heavy atom. The maximum absolute atomic E-state index is 10.8. The number of methoxy groups -OCH3 is 1. The zero-order chi connectivity index (χ0) is 10.6. The lowest BCUT2D eigenvalue weighted by Gasteiger charge is -2.14. The molecule has 0 aliphatic rings. The molecule has 1 rings (SSSR count). The van der Waals surface area contributed by atoms with E-state index in [1.54, 1.807) is 38.3 Å². The summed E-state index contributed by atoms with van der Waals surface area (Å²) in [5.41, 5.74) is -0.387. The minimum atomic E-state index is -1.06. The third kappa shape index (κ3) is 1.74. The van der Waals surface area contributed by atoms with E-state index in [0.717, 1.165) is 0 Å². The van der Waals surface area contributed by atoms with Crippen molar-refractivity contribution >= 4 is 6.29 Å². The van der Waals surface area contributed by atoms with Crippen LogP contribution in [0, 0.1) is 11.3 Å². The minimum Gasteiger partial charge on any atom is -0.497 e. The van der Waals surface area contributed by atoms with Crippen LogP contribution in [0.25, 0.3) is 0 Å². The van der Waals surface area contributed by atoms with E-state index in [-0.39, 0.29) is 0 Å². The molecule has 0 spiro atoms. The summed E-state index contributed by atoms with van der Waals surface area (Å²) in [6.45, 7) is 1.59. The lowest BCUT2D eigenvalue weighted by atomic mass is 9.86. The highest BCUT2D eigenvalue weighted by molar-refractivity contribution is 5.72. The highest BCUT2D eigenvalue weighted by Gasteiger charge is 2.25. The smallest absolute Gasteiger partial charge is 0.144 e. The average Bonchev–Trinajstić information content (AvgIpc) is 2.28. The fraction of sp³-hybridized carbons (Fsp3) is 0.273. The SMILES string of the molecule is COc1ccc(C(C)(C#N)C=O)cc1. The molecule has 0 amide bonds. The molecule has 1 atom stereocenters. The van der Waals surface area contributed by atoms with Gasteiger partial charge in [0, 0.05) is 0 Å².